The van der Waals surface area contributed by atoms with E-state index in [1.807, 2.05) is 30.3 Å². The summed E-state index contributed by atoms with van der Waals surface area (Å²) in [4.78, 5) is 0. The predicted molar refractivity (Wildman–Crippen MR) is 43.7 cm³/mol. The first-order valence-corrected chi connectivity index (χ1v) is 3.78. The Morgan fingerprint density at radius 1 is 1.18 bits per heavy atom. The number of hydrogen-bond donors (Lipinski definition) is 0. The third kappa shape index (κ3) is 3.25. The van der Waals surface area contributed by atoms with Crippen LogP contribution in [0.4, 0.5) is 0 Å². The van der Waals surface area contributed by atoms with Crippen molar-refractivity contribution in [3.05, 3.63) is 30.3 Å². The van der Waals surface area contributed by atoms with Gasteiger partial charge in [0.05, 0.1) is 0 Å². The highest BCUT2D eigenvalue weighted by atomic mass is 35.5. The highest BCUT2D eigenvalue weighted by Gasteiger charge is 1.88. The second-order valence-electron chi connectivity index (χ2n) is 1.89. The molecule has 0 spiro atoms. The molecule has 60 valence electrons. The maximum Gasteiger partial charge on any atom is 0.190 e. The van der Waals surface area contributed by atoms with Crippen LogP contribution in [0.15, 0.2) is 30.3 Å². The van der Waals surface area contributed by atoms with Gasteiger partial charge in [0.2, 0.25) is 0 Å². The lowest BCUT2D eigenvalue weighted by Gasteiger charge is -2.03. The minimum Gasteiger partial charge on any atom is -0.468 e. The van der Waals surface area contributed by atoms with Gasteiger partial charge in [-0.3, -0.25) is 0 Å². The third-order valence-corrected chi connectivity index (χ3v) is 1.28. The summed E-state index contributed by atoms with van der Waals surface area (Å²) in [5.74, 6) is 0.789. The zero-order valence-electron chi connectivity index (χ0n) is 6.00. The molecule has 1 aromatic carbocycles. The van der Waals surface area contributed by atoms with Crippen LogP contribution in [0.1, 0.15) is 0 Å². The lowest BCUT2D eigenvalue weighted by Crippen LogP contribution is -2.00. The van der Waals surface area contributed by atoms with E-state index in [0.29, 0.717) is 0 Å². The molecule has 0 aliphatic rings. The van der Waals surface area contributed by atoms with Crippen LogP contribution >= 0.6 is 11.6 Å². The minimum atomic E-state index is 0.160. The van der Waals surface area contributed by atoms with Gasteiger partial charge in [-0.25, -0.2) is 0 Å². The number of para-hydroxylation sites is 1. The van der Waals surface area contributed by atoms with E-state index in [-0.39, 0.29) is 12.9 Å². The molecule has 11 heavy (non-hydrogen) atoms. The summed E-state index contributed by atoms with van der Waals surface area (Å²) in [5, 5.41) is 0. The van der Waals surface area contributed by atoms with Crippen molar-refractivity contribution in [2.24, 2.45) is 0 Å². The topological polar surface area (TPSA) is 18.5 Å². The van der Waals surface area contributed by atoms with Crippen LogP contribution in [0.2, 0.25) is 0 Å². The number of halogens is 1. The highest BCUT2D eigenvalue weighted by molar-refractivity contribution is 6.17. The fourth-order valence-electron chi connectivity index (χ4n) is 0.658. The fraction of sp³-hybridized carbons (Fsp3) is 0.250. The van der Waals surface area contributed by atoms with Crippen LogP contribution in [-0.4, -0.2) is 12.9 Å². The van der Waals surface area contributed by atoms with Crippen molar-refractivity contribution in [2.75, 3.05) is 12.9 Å². The van der Waals surface area contributed by atoms with Crippen LogP contribution < -0.4 is 4.74 Å². The summed E-state index contributed by atoms with van der Waals surface area (Å²) < 4.78 is 9.92. The van der Waals surface area contributed by atoms with Gasteiger partial charge in [0.1, 0.15) is 11.8 Å². The van der Waals surface area contributed by atoms with E-state index < -0.39 is 0 Å². The first kappa shape index (κ1) is 8.37. The van der Waals surface area contributed by atoms with Crippen LogP contribution in [0.5, 0.6) is 5.75 Å². The van der Waals surface area contributed by atoms with Crippen molar-refractivity contribution in [3.63, 3.8) is 0 Å². The molecule has 3 heteroatoms. The first-order chi connectivity index (χ1) is 5.43. The van der Waals surface area contributed by atoms with Crippen LogP contribution in [0.3, 0.4) is 0 Å². The number of hydrogen-bond acceptors (Lipinski definition) is 2. The minimum absolute atomic E-state index is 0.160. The first-order valence-electron chi connectivity index (χ1n) is 3.25. The zero-order chi connectivity index (χ0) is 7.94. The molecule has 0 atom stereocenters. The molecule has 0 bridgehead atoms. The molecule has 0 unspecified atom stereocenters. The molecule has 1 rings (SSSR count). The van der Waals surface area contributed by atoms with Crippen molar-refractivity contribution >= 4 is 11.6 Å². The fourth-order valence-corrected chi connectivity index (χ4v) is 0.721. The molecule has 0 N–H and O–H groups in total. The van der Waals surface area contributed by atoms with Gasteiger partial charge >= 0.3 is 0 Å². The largest absolute Gasteiger partial charge is 0.468 e. The van der Waals surface area contributed by atoms with E-state index >= 15 is 0 Å². The Morgan fingerprint density at radius 3 is 2.55 bits per heavy atom. The Kier molecular flexibility index (Phi) is 3.80. The molecule has 0 amide bonds. The van der Waals surface area contributed by atoms with Gasteiger partial charge in [0.15, 0.2) is 6.79 Å². The standard InChI is InChI=1S/C8H9ClO2/c9-6-10-7-11-8-4-2-1-3-5-8/h1-5H,6-7H2. The summed E-state index contributed by atoms with van der Waals surface area (Å²) in [7, 11) is 0. The van der Waals surface area contributed by atoms with E-state index in [1.165, 1.54) is 0 Å². The number of rotatable bonds is 4. The van der Waals surface area contributed by atoms with Gasteiger partial charge in [-0.15, -0.1) is 0 Å². The zero-order valence-corrected chi connectivity index (χ0v) is 6.75. The highest BCUT2D eigenvalue weighted by Crippen LogP contribution is 2.07. The van der Waals surface area contributed by atoms with Crippen LogP contribution in [0.25, 0.3) is 0 Å². The molecule has 0 aromatic heterocycles. The molecule has 0 heterocycles. The second-order valence-corrected chi connectivity index (χ2v) is 2.11. The smallest absolute Gasteiger partial charge is 0.190 e. The van der Waals surface area contributed by atoms with E-state index in [2.05, 4.69) is 0 Å². The van der Waals surface area contributed by atoms with Crippen LogP contribution in [-0.2, 0) is 4.74 Å². The quantitative estimate of drug-likeness (QED) is 0.394. The number of alkyl halides is 1. The molecule has 0 fully saturated rings. The molecule has 1 aromatic rings. The average molecular weight is 173 g/mol. The third-order valence-electron chi connectivity index (χ3n) is 1.13. The molecule has 0 saturated heterocycles. The molecular formula is C8H9ClO2. The lowest BCUT2D eigenvalue weighted by molar-refractivity contribution is 0.0401. The Balaban J connectivity index is 2.28. The van der Waals surface area contributed by atoms with E-state index in [9.17, 15) is 0 Å². The van der Waals surface area contributed by atoms with Gasteiger partial charge < -0.3 is 9.47 Å². The Morgan fingerprint density at radius 2 is 1.91 bits per heavy atom. The molecule has 0 aliphatic heterocycles. The predicted octanol–water partition coefficient (Wildman–Crippen LogP) is 2.24. The van der Waals surface area contributed by atoms with E-state index in [1.54, 1.807) is 0 Å². The molecule has 0 aliphatic carbocycles. The lowest BCUT2D eigenvalue weighted by atomic mass is 10.3. The molecule has 0 saturated carbocycles. The SMILES string of the molecule is ClCOCOc1ccccc1. The second kappa shape index (κ2) is 4.99. The summed E-state index contributed by atoms with van der Waals surface area (Å²) in [6, 6.07) is 9.60. The van der Waals surface area contributed by atoms with Gasteiger partial charge in [-0.1, -0.05) is 29.8 Å². The van der Waals surface area contributed by atoms with Crippen molar-refractivity contribution in [1.82, 2.24) is 0 Å². The van der Waals surface area contributed by atoms with Crippen molar-refractivity contribution in [2.45, 2.75) is 0 Å². The molecule has 0 radical (unpaired) electrons. The molecule has 2 nitrogen and oxygen atoms in total. The van der Waals surface area contributed by atoms with E-state index in [4.69, 9.17) is 21.1 Å². The maximum atomic E-state index is 5.27. The van der Waals surface area contributed by atoms with E-state index in [0.717, 1.165) is 5.75 Å². The monoisotopic (exact) mass is 172 g/mol. The maximum absolute atomic E-state index is 5.27. The molecular weight excluding hydrogens is 164 g/mol. The average Bonchev–Trinajstić information content (AvgIpc) is 2.07. The Labute approximate surface area is 70.7 Å². The van der Waals surface area contributed by atoms with Gasteiger partial charge in [-0.2, -0.15) is 0 Å². The Bertz CT molecular complexity index is 189. The summed E-state index contributed by atoms with van der Waals surface area (Å²) >= 11 is 5.27. The van der Waals surface area contributed by atoms with Crippen molar-refractivity contribution in [3.8, 4) is 5.75 Å². The van der Waals surface area contributed by atoms with Crippen LogP contribution in [0, 0.1) is 0 Å². The Hall–Kier alpha value is -0.730. The van der Waals surface area contributed by atoms with Crippen molar-refractivity contribution < 1.29 is 9.47 Å². The number of benzene rings is 1. The van der Waals surface area contributed by atoms with Gasteiger partial charge in [0, 0.05) is 0 Å². The normalized spacial score (nSPS) is 9.55. The summed E-state index contributed by atoms with van der Waals surface area (Å²) in [5.41, 5.74) is 0. The van der Waals surface area contributed by atoms with Crippen molar-refractivity contribution in [1.29, 1.82) is 0 Å². The summed E-state index contributed by atoms with van der Waals surface area (Å²) in [6.07, 6.45) is 0. The summed E-state index contributed by atoms with van der Waals surface area (Å²) in [6.45, 7) is 0.202. The van der Waals surface area contributed by atoms with Gasteiger partial charge in [0.25, 0.3) is 0 Å². The number of ether oxygens (including phenoxy) is 2. The van der Waals surface area contributed by atoms with Gasteiger partial charge in [-0.05, 0) is 12.1 Å².